The average molecular weight is 490 g/mol. The lowest BCUT2D eigenvalue weighted by atomic mass is 10.00. The van der Waals surface area contributed by atoms with Gasteiger partial charge in [-0.1, -0.05) is 48.5 Å². The molecule has 0 aliphatic carbocycles. The molecule has 1 aliphatic rings. The van der Waals surface area contributed by atoms with Gasteiger partial charge in [-0.2, -0.15) is 0 Å². The summed E-state index contributed by atoms with van der Waals surface area (Å²) in [5.74, 6) is -2.86. The van der Waals surface area contributed by atoms with E-state index in [4.69, 9.17) is 4.99 Å². The number of carbonyl (C=O) groups is 3. The van der Waals surface area contributed by atoms with Gasteiger partial charge in [-0.15, -0.1) is 0 Å². The van der Waals surface area contributed by atoms with Gasteiger partial charge in [0.15, 0.2) is 5.78 Å². The molecule has 0 radical (unpaired) electrons. The van der Waals surface area contributed by atoms with Gasteiger partial charge in [0.25, 0.3) is 5.91 Å². The summed E-state index contributed by atoms with van der Waals surface area (Å²) < 4.78 is 26.8. The zero-order valence-electron chi connectivity index (χ0n) is 19.9. The molecule has 1 heterocycles. The topological polar surface area (TPSA) is 78.8 Å². The number of ketones is 1. The maximum absolute atomic E-state index is 13.4. The number of benzodiazepines with no additional fused rings is 1. The lowest BCUT2D eigenvalue weighted by molar-refractivity contribution is -0.128. The maximum Gasteiger partial charge on any atom is 0.252 e. The van der Waals surface area contributed by atoms with E-state index in [1.807, 2.05) is 54.6 Å². The van der Waals surface area contributed by atoms with E-state index in [0.717, 1.165) is 29.3 Å². The number of anilines is 1. The smallest absolute Gasteiger partial charge is 0.252 e. The van der Waals surface area contributed by atoms with Gasteiger partial charge in [-0.25, -0.2) is 8.78 Å². The van der Waals surface area contributed by atoms with Crippen LogP contribution in [0.1, 0.15) is 30.0 Å². The van der Waals surface area contributed by atoms with E-state index in [0.29, 0.717) is 11.4 Å². The van der Waals surface area contributed by atoms with E-state index in [-0.39, 0.29) is 30.1 Å². The first-order valence-corrected chi connectivity index (χ1v) is 11.5. The molecule has 4 rings (SSSR count). The Labute approximate surface area is 207 Å². The van der Waals surface area contributed by atoms with Crippen molar-refractivity contribution >= 4 is 29.0 Å². The second-order valence-corrected chi connectivity index (χ2v) is 8.69. The number of nitrogens with zero attached hydrogens (tertiary/aromatic N) is 2. The second-order valence-electron chi connectivity index (χ2n) is 8.69. The fraction of sp³-hybridized carbons (Fsp3) is 0.214. The van der Waals surface area contributed by atoms with Crippen molar-refractivity contribution in [1.29, 1.82) is 0 Å². The van der Waals surface area contributed by atoms with Gasteiger partial charge in [0, 0.05) is 30.7 Å². The minimum atomic E-state index is -0.984. The molecular formula is C28H25F2N3O3. The van der Waals surface area contributed by atoms with Gasteiger partial charge in [0.05, 0.1) is 23.9 Å². The van der Waals surface area contributed by atoms with Gasteiger partial charge in [0.1, 0.15) is 17.7 Å². The minimum Gasteiger partial charge on any atom is -0.346 e. The number of benzene rings is 3. The van der Waals surface area contributed by atoms with Crippen molar-refractivity contribution in [2.75, 3.05) is 11.9 Å². The standard InChI is InChI=1S/C28H25F2N3O3/c1-17(31-26(35)14-18-12-20(29)15-21(30)13-18)25(34)16-23-28(36)33(2)24-11-7-6-10-22(24)27(32-23)19-8-4-3-5-9-19/h3-13,15,17,23H,14,16H2,1-2H3,(H,31,35). The number of fused-ring (bicyclic) bond motifs is 1. The van der Waals surface area contributed by atoms with Crippen molar-refractivity contribution in [2.45, 2.75) is 31.8 Å². The Kier molecular flexibility index (Phi) is 7.33. The van der Waals surface area contributed by atoms with Gasteiger partial charge >= 0.3 is 0 Å². The quantitative estimate of drug-likeness (QED) is 0.548. The number of Topliss-reactive ketones (excluding diaryl/α,β-unsaturated/α-hetero) is 1. The summed E-state index contributed by atoms with van der Waals surface area (Å²) in [6, 6.07) is 17.8. The van der Waals surface area contributed by atoms with E-state index in [1.165, 1.54) is 11.8 Å². The SMILES string of the molecule is CC(NC(=O)Cc1cc(F)cc(F)c1)C(=O)CC1N=C(c2ccccc2)c2ccccc2N(C)C1=O. The van der Waals surface area contributed by atoms with Crippen LogP contribution in [0.3, 0.4) is 0 Å². The lowest BCUT2D eigenvalue weighted by Gasteiger charge is -2.21. The number of rotatable bonds is 7. The Morgan fingerprint density at radius 3 is 2.33 bits per heavy atom. The molecule has 1 N–H and O–H groups in total. The lowest BCUT2D eigenvalue weighted by Crippen LogP contribution is -2.43. The molecule has 0 bridgehead atoms. The summed E-state index contributed by atoms with van der Waals surface area (Å²) in [7, 11) is 1.64. The molecule has 2 unspecified atom stereocenters. The molecule has 8 heteroatoms. The number of halogens is 2. The third-order valence-corrected chi connectivity index (χ3v) is 6.01. The highest BCUT2D eigenvalue weighted by molar-refractivity contribution is 6.20. The fourth-order valence-corrected chi connectivity index (χ4v) is 4.19. The third kappa shape index (κ3) is 5.54. The van der Waals surface area contributed by atoms with Crippen molar-refractivity contribution < 1.29 is 23.2 Å². The van der Waals surface area contributed by atoms with Crippen LogP contribution in [0.2, 0.25) is 0 Å². The van der Waals surface area contributed by atoms with Crippen LogP contribution in [-0.4, -0.2) is 42.4 Å². The molecule has 3 aromatic rings. The molecule has 184 valence electrons. The molecule has 2 atom stereocenters. The third-order valence-electron chi connectivity index (χ3n) is 6.01. The van der Waals surface area contributed by atoms with Crippen LogP contribution in [0.5, 0.6) is 0 Å². The first-order valence-electron chi connectivity index (χ1n) is 11.5. The molecule has 0 aromatic heterocycles. The van der Waals surface area contributed by atoms with Gasteiger partial charge in [-0.05, 0) is 30.7 Å². The zero-order valence-corrected chi connectivity index (χ0v) is 19.9. The molecule has 0 spiro atoms. The van der Waals surface area contributed by atoms with Crippen molar-refractivity contribution in [3.8, 4) is 0 Å². The number of hydrogen-bond donors (Lipinski definition) is 1. The highest BCUT2D eigenvalue weighted by Gasteiger charge is 2.32. The van der Waals surface area contributed by atoms with Crippen LogP contribution < -0.4 is 10.2 Å². The predicted octanol–water partition coefficient (Wildman–Crippen LogP) is 3.85. The molecule has 0 fully saturated rings. The summed E-state index contributed by atoms with van der Waals surface area (Å²) in [5, 5.41) is 2.55. The monoisotopic (exact) mass is 489 g/mol. The van der Waals surface area contributed by atoms with Gasteiger partial charge in [-0.3, -0.25) is 19.4 Å². The van der Waals surface area contributed by atoms with E-state index >= 15 is 0 Å². The van der Waals surface area contributed by atoms with E-state index in [2.05, 4.69) is 5.32 Å². The summed E-state index contributed by atoms with van der Waals surface area (Å²) in [5.41, 5.74) is 3.03. The van der Waals surface area contributed by atoms with Crippen LogP contribution >= 0.6 is 0 Å². The first kappa shape index (κ1) is 24.9. The van der Waals surface area contributed by atoms with Crippen molar-refractivity contribution in [1.82, 2.24) is 5.32 Å². The van der Waals surface area contributed by atoms with Crippen LogP contribution in [0.25, 0.3) is 0 Å². The second kappa shape index (κ2) is 10.6. The molecule has 0 saturated carbocycles. The maximum atomic E-state index is 13.4. The van der Waals surface area contributed by atoms with Crippen LogP contribution in [0.4, 0.5) is 14.5 Å². The summed E-state index contributed by atoms with van der Waals surface area (Å²) in [6.07, 6.45) is -0.507. The molecule has 0 saturated heterocycles. The molecule has 2 amide bonds. The normalized spacial score (nSPS) is 16.0. The first-order chi connectivity index (χ1) is 17.2. The number of aliphatic imine (C=N–C) groups is 1. The number of amides is 2. The number of carbonyl (C=O) groups excluding carboxylic acids is 3. The Bertz CT molecular complexity index is 1320. The van der Waals surface area contributed by atoms with Crippen molar-refractivity contribution in [3.63, 3.8) is 0 Å². The summed E-state index contributed by atoms with van der Waals surface area (Å²) >= 11 is 0. The van der Waals surface area contributed by atoms with Crippen LogP contribution in [0, 0.1) is 11.6 Å². The van der Waals surface area contributed by atoms with E-state index in [9.17, 15) is 23.2 Å². The fourth-order valence-electron chi connectivity index (χ4n) is 4.19. The minimum absolute atomic E-state index is 0.153. The van der Waals surface area contributed by atoms with Gasteiger partial charge < -0.3 is 10.2 Å². The Morgan fingerprint density at radius 1 is 1.00 bits per heavy atom. The largest absolute Gasteiger partial charge is 0.346 e. The van der Waals surface area contributed by atoms with E-state index in [1.54, 1.807) is 7.05 Å². The van der Waals surface area contributed by atoms with Gasteiger partial charge in [0.2, 0.25) is 5.91 Å². The molecule has 1 aliphatic heterocycles. The van der Waals surface area contributed by atoms with Crippen LogP contribution in [0.15, 0.2) is 77.8 Å². The summed E-state index contributed by atoms with van der Waals surface area (Å²) in [4.78, 5) is 44.9. The summed E-state index contributed by atoms with van der Waals surface area (Å²) in [6.45, 7) is 1.51. The van der Waals surface area contributed by atoms with Crippen LogP contribution in [-0.2, 0) is 20.8 Å². The highest BCUT2D eigenvalue weighted by atomic mass is 19.1. The predicted molar refractivity (Wildman–Crippen MR) is 133 cm³/mol. The highest BCUT2D eigenvalue weighted by Crippen LogP contribution is 2.28. The number of hydrogen-bond acceptors (Lipinski definition) is 4. The zero-order chi connectivity index (χ0) is 25.8. The Hall–Kier alpha value is -4.20. The molecular weight excluding hydrogens is 464 g/mol. The van der Waals surface area contributed by atoms with E-state index < -0.39 is 29.6 Å². The van der Waals surface area contributed by atoms with Crippen molar-refractivity contribution in [2.24, 2.45) is 4.99 Å². The molecule has 3 aromatic carbocycles. The average Bonchev–Trinajstić information content (AvgIpc) is 2.94. The number of para-hydroxylation sites is 1. The molecule has 36 heavy (non-hydrogen) atoms. The Morgan fingerprint density at radius 2 is 1.64 bits per heavy atom. The van der Waals surface area contributed by atoms with Crippen molar-refractivity contribution in [3.05, 3.63) is 101 Å². The number of likely N-dealkylation sites (N-methyl/N-ethyl adjacent to an activating group) is 1. The number of nitrogens with one attached hydrogen (secondary N) is 1. The Balaban J connectivity index is 1.53. The molecule has 6 nitrogen and oxygen atoms in total.